The second kappa shape index (κ2) is 8.26. The van der Waals surface area contributed by atoms with Crippen molar-refractivity contribution >= 4 is 34.9 Å². The Morgan fingerprint density at radius 3 is 1.10 bits per heavy atom. The van der Waals surface area contributed by atoms with E-state index < -0.39 is 19.0 Å². The predicted molar refractivity (Wildman–Crippen MR) is 118 cm³/mol. The molecule has 0 radical (unpaired) electrons. The third-order valence-electron chi connectivity index (χ3n) is 4.54. The molecule has 0 aliphatic heterocycles. The molecule has 0 unspecified atom stereocenters. The molecule has 3 aromatic rings. The standard InChI is InChI=1S/C24H21O4P/c1-3-23(25)27-29(28-24(26)4-2,20-14-8-5-9-15-20,21-16-10-6-11-17-21)22-18-12-7-13-19-22/h3-19H,1-2H2. The van der Waals surface area contributed by atoms with Crippen LogP contribution in [0.2, 0.25) is 0 Å². The van der Waals surface area contributed by atoms with E-state index >= 15 is 0 Å². The molecule has 0 aliphatic carbocycles. The number of rotatable bonds is 7. The minimum atomic E-state index is -4.50. The van der Waals surface area contributed by atoms with Crippen LogP contribution in [-0.2, 0) is 18.6 Å². The van der Waals surface area contributed by atoms with Gasteiger partial charge >= 0.3 is 170 Å². The summed E-state index contributed by atoms with van der Waals surface area (Å²) in [5.41, 5.74) is 0. The first-order chi connectivity index (χ1) is 14.1. The SMILES string of the molecule is C=CC(=O)OP(OC(=O)C=C)(c1ccccc1)(c1ccccc1)c1ccccc1. The van der Waals surface area contributed by atoms with Crippen LogP contribution < -0.4 is 15.9 Å². The van der Waals surface area contributed by atoms with Crippen LogP contribution >= 0.6 is 7.06 Å². The van der Waals surface area contributed by atoms with Gasteiger partial charge in [-0.25, -0.2) is 0 Å². The van der Waals surface area contributed by atoms with Crippen molar-refractivity contribution in [3.63, 3.8) is 0 Å². The van der Waals surface area contributed by atoms with Crippen LogP contribution in [0.15, 0.2) is 116 Å². The van der Waals surface area contributed by atoms with Crippen molar-refractivity contribution in [2.75, 3.05) is 0 Å². The number of carbonyl (C=O) groups is 2. The molecule has 0 atom stereocenters. The van der Waals surface area contributed by atoms with Crippen LogP contribution in [0.5, 0.6) is 0 Å². The zero-order chi connectivity index (χ0) is 20.8. The quantitative estimate of drug-likeness (QED) is 0.444. The molecule has 4 nitrogen and oxygen atoms in total. The molecule has 0 fully saturated rings. The number of hydrogen-bond donors (Lipinski definition) is 0. The van der Waals surface area contributed by atoms with Gasteiger partial charge in [-0.05, 0) is 0 Å². The van der Waals surface area contributed by atoms with E-state index in [1.54, 1.807) is 36.4 Å². The Morgan fingerprint density at radius 2 is 0.862 bits per heavy atom. The van der Waals surface area contributed by atoms with Gasteiger partial charge in [0.2, 0.25) is 0 Å². The molecule has 0 spiro atoms. The Bertz CT molecular complexity index is 905. The summed E-state index contributed by atoms with van der Waals surface area (Å²) in [4.78, 5) is 25.4. The van der Waals surface area contributed by atoms with Crippen LogP contribution in [0, 0.1) is 0 Å². The average molecular weight is 404 g/mol. The van der Waals surface area contributed by atoms with Gasteiger partial charge in [0.1, 0.15) is 0 Å². The van der Waals surface area contributed by atoms with E-state index in [1.165, 1.54) is 0 Å². The van der Waals surface area contributed by atoms with E-state index in [-0.39, 0.29) is 0 Å². The van der Waals surface area contributed by atoms with E-state index in [9.17, 15) is 9.59 Å². The summed E-state index contributed by atoms with van der Waals surface area (Å²) in [7, 11) is -4.50. The Labute approximate surface area is 170 Å². The summed E-state index contributed by atoms with van der Waals surface area (Å²) < 4.78 is 12.4. The molecular formula is C24H21O4P. The molecule has 0 N–H and O–H groups in total. The number of hydrogen-bond acceptors (Lipinski definition) is 4. The van der Waals surface area contributed by atoms with Crippen LogP contribution in [0.1, 0.15) is 0 Å². The first-order valence-corrected chi connectivity index (χ1v) is 11.1. The van der Waals surface area contributed by atoms with E-state index in [2.05, 4.69) is 13.2 Å². The first-order valence-electron chi connectivity index (χ1n) is 8.98. The van der Waals surface area contributed by atoms with E-state index in [0.717, 1.165) is 12.2 Å². The Hall–Kier alpha value is -3.49. The van der Waals surface area contributed by atoms with Crippen LogP contribution in [0.3, 0.4) is 0 Å². The summed E-state index contributed by atoms with van der Waals surface area (Å²) in [6, 6.07) is 27.2. The number of carbonyl (C=O) groups excluding carboxylic acids is 2. The van der Waals surface area contributed by atoms with Crippen molar-refractivity contribution in [1.82, 2.24) is 0 Å². The zero-order valence-electron chi connectivity index (χ0n) is 15.8. The summed E-state index contributed by atoms with van der Waals surface area (Å²) in [6.45, 7) is 7.08. The van der Waals surface area contributed by atoms with Crippen LogP contribution in [0.4, 0.5) is 0 Å². The van der Waals surface area contributed by atoms with Crippen LogP contribution in [-0.4, -0.2) is 11.9 Å². The van der Waals surface area contributed by atoms with Crippen molar-refractivity contribution in [2.24, 2.45) is 0 Å². The van der Waals surface area contributed by atoms with Gasteiger partial charge in [-0.3, -0.25) is 0 Å². The van der Waals surface area contributed by atoms with Crippen molar-refractivity contribution in [1.29, 1.82) is 0 Å². The molecular weight excluding hydrogens is 383 g/mol. The normalized spacial score (nSPS) is 12.1. The van der Waals surface area contributed by atoms with Crippen molar-refractivity contribution in [3.8, 4) is 0 Å². The topological polar surface area (TPSA) is 52.6 Å². The molecule has 0 saturated heterocycles. The molecule has 3 aromatic carbocycles. The van der Waals surface area contributed by atoms with Crippen LogP contribution in [0.25, 0.3) is 0 Å². The third kappa shape index (κ3) is 3.39. The van der Waals surface area contributed by atoms with Gasteiger partial charge in [0.25, 0.3) is 0 Å². The molecule has 5 heteroatoms. The van der Waals surface area contributed by atoms with Gasteiger partial charge < -0.3 is 0 Å². The molecule has 0 aliphatic rings. The van der Waals surface area contributed by atoms with Crippen molar-refractivity contribution < 1.29 is 18.6 Å². The molecule has 3 rings (SSSR count). The summed E-state index contributed by atoms with van der Waals surface area (Å²) in [6.07, 6.45) is 2.13. The van der Waals surface area contributed by atoms with Gasteiger partial charge in [0.05, 0.1) is 0 Å². The molecule has 146 valence electrons. The Kier molecular flexibility index (Phi) is 5.76. The second-order valence-corrected chi connectivity index (χ2v) is 10.0. The fraction of sp³-hybridized carbons (Fsp3) is 0. The molecule has 0 heterocycles. The molecule has 0 amide bonds. The van der Waals surface area contributed by atoms with E-state index in [1.807, 2.05) is 54.6 Å². The average Bonchev–Trinajstić information content (AvgIpc) is 2.80. The van der Waals surface area contributed by atoms with Gasteiger partial charge in [0, 0.05) is 0 Å². The van der Waals surface area contributed by atoms with Crippen molar-refractivity contribution in [3.05, 3.63) is 116 Å². The maximum absolute atomic E-state index is 12.7. The first kappa shape index (κ1) is 20.2. The van der Waals surface area contributed by atoms with E-state index in [4.69, 9.17) is 9.05 Å². The minimum absolute atomic E-state index is 0.571. The van der Waals surface area contributed by atoms with Crippen molar-refractivity contribution in [2.45, 2.75) is 0 Å². The third-order valence-corrected chi connectivity index (χ3v) is 9.30. The van der Waals surface area contributed by atoms with E-state index in [0.29, 0.717) is 15.9 Å². The monoisotopic (exact) mass is 404 g/mol. The van der Waals surface area contributed by atoms with Gasteiger partial charge in [-0.15, -0.1) is 0 Å². The summed E-state index contributed by atoms with van der Waals surface area (Å²) in [5, 5.41) is 1.71. The van der Waals surface area contributed by atoms with Gasteiger partial charge in [-0.2, -0.15) is 0 Å². The Balaban J connectivity index is 2.57. The second-order valence-electron chi connectivity index (χ2n) is 6.19. The Morgan fingerprint density at radius 1 is 0.586 bits per heavy atom. The fourth-order valence-corrected chi connectivity index (χ4v) is 7.84. The fourth-order valence-electron chi connectivity index (χ4n) is 3.30. The number of benzene rings is 3. The molecule has 29 heavy (non-hydrogen) atoms. The molecule has 0 saturated carbocycles. The maximum atomic E-state index is 12.7. The van der Waals surface area contributed by atoms with Gasteiger partial charge in [-0.1, -0.05) is 0 Å². The molecule has 0 aromatic heterocycles. The zero-order valence-corrected chi connectivity index (χ0v) is 16.7. The summed E-state index contributed by atoms with van der Waals surface area (Å²) >= 11 is 0. The molecule has 0 bridgehead atoms. The van der Waals surface area contributed by atoms with Gasteiger partial charge in [0.15, 0.2) is 0 Å². The summed E-state index contributed by atoms with van der Waals surface area (Å²) in [5.74, 6) is -1.40. The predicted octanol–water partition coefficient (Wildman–Crippen LogP) is 3.80.